The summed E-state index contributed by atoms with van der Waals surface area (Å²) in [6.45, 7) is 8.31. The van der Waals surface area contributed by atoms with E-state index in [0.29, 0.717) is 0 Å². The van der Waals surface area contributed by atoms with Gasteiger partial charge in [-0.15, -0.1) is 0 Å². The summed E-state index contributed by atoms with van der Waals surface area (Å²) in [5.74, 6) is 0. The molecule has 0 fully saturated rings. The number of hydrogen-bond acceptors (Lipinski definition) is 2. The van der Waals surface area contributed by atoms with Crippen LogP contribution in [0.25, 0.3) is 0 Å². The van der Waals surface area contributed by atoms with Crippen molar-refractivity contribution in [3.63, 3.8) is 0 Å². The van der Waals surface area contributed by atoms with Crippen molar-refractivity contribution in [3.05, 3.63) is 24.3 Å². The Morgan fingerprint density at radius 2 is 1.12 bits per heavy atom. The fourth-order valence-corrected chi connectivity index (χ4v) is 3.40. The molecule has 0 unspecified atom stereocenters. The molecule has 0 saturated heterocycles. The zero-order chi connectivity index (χ0) is 12.4. The molecular weight excluding hydrogens is 274 g/mol. The van der Waals surface area contributed by atoms with Gasteiger partial charge in [0.05, 0.1) is 11.4 Å². The standard InChI is InChI=1S/C10H18N2P2S2/c1-13(2,15)11-9-7-5-6-8-10(9)12-14(3,4)16/h5-8H,1-4H3,(H,11,15)(H,12,16). The quantitative estimate of drug-likeness (QED) is 0.824. The first-order valence-electron chi connectivity index (χ1n) is 4.93. The van der Waals surface area contributed by atoms with E-state index >= 15 is 0 Å². The summed E-state index contributed by atoms with van der Waals surface area (Å²) in [6, 6.07) is 8.10. The zero-order valence-corrected chi connectivity index (χ0v) is 13.4. The van der Waals surface area contributed by atoms with E-state index in [1.807, 2.05) is 24.3 Å². The monoisotopic (exact) mass is 292 g/mol. The van der Waals surface area contributed by atoms with Gasteiger partial charge >= 0.3 is 0 Å². The van der Waals surface area contributed by atoms with Gasteiger partial charge < -0.3 is 10.2 Å². The molecule has 0 heterocycles. The molecule has 0 radical (unpaired) electrons. The maximum absolute atomic E-state index is 5.42. The molecule has 1 aromatic rings. The second-order valence-corrected chi connectivity index (χ2v) is 15.8. The molecular formula is C10H18N2P2S2. The molecule has 1 aromatic carbocycles. The third kappa shape index (κ3) is 5.45. The van der Waals surface area contributed by atoms with Crippen molar-refractivity contribution in [2.75, 3.05) is 36.8 Å². The summed E-state index contributed by atoms with van der Waals surface area (Å²) in [4.78, 5) is 0. The maximum atomic E-state index is 5.42. The Morgan fingerprint density at radius 3 is 1.38 bits per heavy atom. The van der Waals surface area contributed by atoms with Crippen LogP contribution in [0.3, 0.4) is 0 Å². The van der Waals surface area contributed by atoms with Crippen molar-refractivity contribution < 1.29 is 0 Å². The number of nitrogens with one attached hydrogen (secondary N) is 2. The van der Waals surface area contributed by atoms with Gasteiger partial charge in [-0.2, -0.15) is 0 Å². The highest BCUT2D eigenvalue weighted by Gasteiger charge is 2.09. The average molecular weight is 292 g/mol. The highest BCUT2D eigenvalue weighted by molar-refractivity contribution is 8.15. The van der Waals surface area contributed by atoms with Crippen molar-refractivity contribution in [2.24, 2.45) is 0 Å². The van der Waals surface area contributed by atoms with Crippen molar-refractivity contribution in [1.82, 2.24) is 0 Å². The first kappa shape index (κ1) is 14.2. The van der Waals surface area contributed by atoms with Crippen molar-refractivity contribution >= 4 is 47.4 Å². The molecule has 2 nitrogen and oxygen atoms in total. The molecule has 0 aromatic heterocycles. The molecule has 0 atom stereocenters. The Balaban J connectivity index is 3.01. The number of para-hydroxylation sites is 2. The number of benzene rings is 1. The number of rotatable bonds is 4. The van der Waals surface area contributed by atoms with Gasteiger partial charge in [0.2, 0.25) is 0 Å². The van der Waals surface area contributed by atoms with E-state index in [1.165, 1.54) is 0 Å². The summed E-state index contributed by atoms with van der Waals surface area (Å²) < 4.78 is 0. The summed E-state index contributed by atoms with van der Waals surface area (Å²) in [7, 11) is 0. The second kappa shape index (κ2) is 5.18. The second-order valence-electron chi connectivity index (χ2n) is 4.47. The Labute approximate surface area is 108 Å². The molecule has 0 bridgehead atoms. The normalized spacial score (nSPS) is 12.2. The zero-order valence-electron chi connectivity index (χ0n) is 10.0. The Kier molecular flexibility index (Phi) is 4.59. The molecule has 2 N–H and O–H groups in total. The maximum Gasteiger partial charge on any atom is 0.0616 e. The Bertz CT molecular complexity index is 419. The SMILES string of the molecule is CP(C)(=S)Nc1ccccc1NP(C)(C)=S. The average Bonchev–Trinajstić information content (AvgIpc) is 2.03. The van der Waals surface area contributed by atoms with Crippen molar-refractivity contribution in [1.29, 1.82) is 0 Å². The molecule has 0 aliphatic carbocycles. The smallest absolute Gasteiger partial charge is 0.0616 e. The molecule has 16 heavy (non-hydrogen) atoms. The van der Waals surface area contributed by atoms with Gasteiger partial charge in [0.15, 0.2) is 0 Å². The van der Waals surface area contributed by atoms with Crippen LogP contribution < -0.4 is 10.2 Å². The minimum atomic E-state index is -1.46. The van der Waals surface area contributed by atoms with Crippen molar-refractivity contribution in [2.45, 2.75) is 0 Å². The van der Waals surface area contributed by atoms with E-state index in [2.05, 4.69) is 36.8 Å². The number of hydrogen-bond donors (Lipinski definition) is 2. The third-order valence-corrected chi connectivity index (χ3v) is 3.81. The number of anilines is 2. The van der Waals surface area contributed by atoms with Crippen LogP contribution in [0.1, 0.15) is 0 Å². The third-order valence-electron chi connectivity index (χ3n) is 1.71. The van der Waals surface area contributed by atoms with Crippen LogP contribution in [-0.4, -0.2) is 26.7 Å². The fourth-order valence-electron chi connectivity index (χ4n) is 1.26. The summed E-state index contributed by atoms with van der Waals surface area (Å²) in [6.07, 6.45) is -2.92. The molecule has 0 aliphatic heterocycles. The van der Waals surface area contributed by atoms with E-state index in [9.17, 15) is 0 Å². The molecule has 90 valence electrons. The summed E-state index contributed by atoms with van der Waals surface area (Å²) in [5, 5.41) is 6.81. The minimum absolute atomic E-state index is 1.06. The largest absolute Gasteiger partial charge is 0.356 e. The van der Waals surface area contributed by atoms with Crippen molar-refractivity contribution in [3.8, 4) is 0 Å². The van der Waals surface area contributed by atoms with Gasteiger partial charge in [0.25, 0.3) is 0 Å². The lowest BCUT2D eigenvalue weighted by Gasteiger charge is -2.21. The first-order chi connectivity index (χ1) is 7.17. The van der Waals surface area contributed by atoms with E-state index in [4.69, 9.17) is 23.6 Å². The predicted octanol–water partition coefficient (Wildman–Crippen LogP) is 3.82. The van der Waals surface area contributed by atoms with Crippen LogP contribution in [-0.2, 0) is 23.6 Å². The lowest BCUT2D eigenvalue weighted by Crippen LogP contribution is -2.00. The van der Waals surface area contributed by atoms with Gasteiger partial charge in [0.1, 0.15) is 0 Å². The van der Waals surface area contributed by atoms with E-state index in [1.54, 1.807) is 0 Å². The highest BCUT2D eigenvalue weighted by Crippen LogP contribution is 2.44. The topological polar surface area (TPSA) is 24.1 Å². The van der Waals surface area contributed by atoms with Gasteiger partial charge in [0, 0.05) is 12.4 Å². The minimum Gasteiger partial charge on any atom is -0.356 e. The van der Waals surface area contributed by atoms with E-state index in [-0.39, 0.29) is 0 Å². The van der Waals surface area contributed by atoms with Crippen LogP contribution >= 0.6 is 12.4 Å². The van der Waals surface area contributed by atoms with Crippen LogP contribution in [0.4, 0.5) is 11.4 Å². The lowest BCUT2D eigenvalue weighted by molar-refractivity contribution is 1.64. The molecule has 6 heteroatoms. The molecule has 1 rings (SSSR count). The summed E-state index contributed by atoms with van der Waals surface area (Å²) >= 11 is 10.8. The van der Waals surface area contributed by atoms with Gasteiger partial charge in [-0.05, 0) is 38.8 Å². The Hall–Kier alpha value is 0.120. The Morgan fingerprint density at radius 1 is 0.812 bits per heavy atom. The molecule has 0 spiro atoms. The van der Waals surface area contributed by atoms with Crippen LogP contribution in [0, 0.1) is 0 Å². The fraction of sp³-hybridized carbons (Fsp3) is 0.400. The molecule has 0 saturated carbocycles. The van der Waals surface area contributed by atoms with E-state index < -0.39 is 12.4 Å². The van der Waals surface area contributed by atoms with E-state index in [0.717, 1.165) is 11.4 Å². The molecule has 0 aliphatic rings. The highest BCUT2D eigenvalue weighted by atomic mass is 32.4. The lowest BCUT2D eigenvalue weighted by atomic mass is 10.3. The van der Waals surface area contributed by atoms with Crippen LogP contribution in [0.15, 0.2) is 24.3 Å². The van der Waals surface area contributed by atoms with Crippen LogP contribution in [0.2, 0.25) is 0 Å². The molecule has 0 amide bonds. The van der Waals surface area contributed by atoms with Gasteiger partial charge in [-0.3, -0.25) is 0 Å². The van der Waals surface area contributed by atoms with Gasteiger partial charge in [-0.1, -0.05) is 35.7 Å². The predicted molar refractivity (Wildman–Crippen MR) is 86.0 cm³/mol. The summed E-state index contributed by atoms with van der Waals surface area (Å²) in [5.41, 5.74) is 2.13. The van der Waals surface area contributed by atoms with Gasteiger partial charge in [-0.25, -0.2) is 0 Å². The van der Waals surface area contributed by atoms with Crippen LogP contribution in [0.5, 0.6) is 0 Å². The first-order valence-corrected chi connectivity index (χ1v) is 12.3.